The Labute approximate surface area is 211 Å². The predicted octanol–water partition coefficient (Wildman–Crippen LogP) is 6.50. The van der Waals surface area contributed by atoms with Gasteiger partial charge >= 0.3 is 5.97 Å². The first-order valence-corrected chi connectivity index (χ1v) is 13.5. The van der Waals surface area contributed by atoms with E-state index in [0.717, 1.165) is 12.8 Å². The summed E-state index contributed by atoms with van der Waals surface area (Å²) < 4.78 is 0. The minimum Gasteiger partial charge on any atom is -0.478 e. The molecule has 1 aromatic rings. The summed E-state index contributed by atoms with van der Waals surface area (Å²) in [4.78, 5) is 10.2. The molecule has 0 spiro atoms. The summed E-state index contributed by atoms with van der Waals surface area (Å²) in [7, 11) is 0. The molecule has 192 valence electrons. The van der Waals surface area contributed by atoms with E-state index in [4.69, 9.17) is 5.11 Å². The van der Waals surface area contributed by atoms with Crippen LogP contribution in [0.3, 0.4) is 0 Å². The largest absolute Gasteiger partial charge is 0.478 e. The molecule has 0 saturated heterocycles. The maximum absolute atomic E-state index is 10.6. The van der Waals surface area contributed by atoms with E-state index in [9.17, 15) is 15.0 Å². The maximum Gasteiger partial charge on any atom is 0.335 e. The van der Waals surface area contributed by atoms with Gasteiger partial charge in [0.2, 0.25) is 0 Å². The van der Waals surface area contributed by atoms with Gasteiger partial charge in [0.05, 0.1) is 11.7 Å². The minimum atomic E-state index is -0.879. The number of carbonyl (C=O) groups is 1. The van der Waals surface area contributed by atoms with E-state index in [1.165, 1.54) is 31.3 Å². The summed E-state index contributed by atoms with van der Waals surface area (Å²) in [6, 6.07) is 8.30. The third-order valence-electron chi connectivity index (χ3n) is 10.5. The molecule has 4 aliphatic rings. The van der Waals surface area contributed by atoms with E-state index < -0.39 is 5.97 Å². The number of allylic oxidation sites excluding steroid dienone is 3. The molecule has 7 atom stereocenters. The van der Waals surface area contributed by atoms with Crippen molar-refractivity contribution < 1.29 is 20.1 Å². The lowest BCUT2D eigenvalue weighted by Gasteiger charge is -2.58. The molecular formula is C31H44O4. The number of benzene rings is 1. The average molecular weight is 481 g/mol. The van der Waals surface area contributed by atoms with E-state index >= 15 is 0 Å². The molecule has 0 amide bonds. The predicted molar refractivity (Wildman–Crippen MR) is 140 cm³/mol. The van der Waals surface area contributed by atoms with Gasteiger partial charge in [0.15, 0.2) is 0 Å². The molecule has 4 nitrogen and oxygen atoms in total. The van der Waals surface area contributed by atoms with Crippen LogP contribution >= 0.6 is 0 Å². The Hall–Kier alpha value is -1.91. The summed E-state index contributed by atoms with van der Waals surface area (Å²) in [6.07, 6.45) is 11.8. The van der Waals surface area contributed by atoms with Crippen molar-refractivity contribution >= 4 is 5.97 Å². The summed E-state index contributed by atoms with van der Waals surface area (Å²) in [5, 5.41) is 28.8. The molecule has 4 aliphatic carbocycles. The van der Waals surface area contributed by atoms with Crippen LogP contribution in [0.15, 0.2) is 53.6 Å². The number of rotatable bonds is 3. The second kappa shape index (κ2) is 9.52. The van der Waals surface area contributed by atoms with Crippen molar-refractivity contribution in [2.45, 2.75) is 79.2 Å². The number of carboxylic acids is 1. The summed E-state index contributed by atoms with van der Waals surface area (Å²) >= 11 is 0. The Morgan fingerprint density at radius 1 is 0.971 bits per heavy atom. The van der Waals surface area contributed by atoms with Gasteiger partial charge in [-0.25, -0.2) is 4.79 Å². The topological polar surface area (TPSA) is 77.8 Å². The molecule has 3 fully saturated rings. The molecule has 4 heteroatoms. The van der Waals surface area contributed by atoms with Gasteiger partial charge in [-0.05, 0) is 85.2 Å². The zero-order valence-corrected chi connectivity index (χ0v) is 22.1. The van der Waals surface area contributed by atoms with Crippen molar-refractivity contribution in [2.75, 3.05) is 6.61 Å². The molecule has 35 heavy (non-hydrogen) atoms. The average Bonchev–Trinajstić information content (AvgIpc) is 3.19. The first kappa shape index (κ1) is 26.2. The van der Waals surface area contributed by atoms with Crippen LogP contribution < -0.4 is 0 Å². The zero-order valence-electron chi connectivity index (χ0n) is 22.1. The third kappa shape index (κ3) is 4.31. The van der Waals surface area contributed by atoms with E-state index in [2.05, 4.69) is 46.8 Å². The van der Waals surface area contributed by atoms with E-state index in [0.29, 0.717) is 41.3 Å². The van der Waals surface area contributed by atoms with Crippen molar-refractivity contribution in [2.24, 2.45) is 39.9 Å². The van der Waals surface area contributed by atoms with Crippen LogP contribution in [0.2, 0.25) is 0 Å². The molecule has 3 saturated carbocycles. The lowest BCUT2D eigenvalue weighted by molar-refractivity contribution is -0.0186. The molecule has 1 aromatic carbocycles. The second-order valence-electron chi connectivity index (χ2n) is 12.6. The summed E-state index contributed by atoms with van der Waals surface area (Å²) in [5.74, 6) is 1.52. The van der Waals surface area contributed by atoms with Gasteiger partial charge in [-0.2, -0.15) is 0 Å². The van der Waals surface area contributed by atoms with Crippen molar-refractivity contribution in [1.82, 2.24) is 0 Å². The van der Waals surface area contributed by atoms with Crippen LogP contribution in [0.5, 0.6) is 0 Å². The fraction of sp³-hybridized carbons (Fsp3) is 0.645. The van der Waals surface area contributed by atoms with E-state index in [-0.39, 0.29) is 16.9 Å². The second-order valence-corrected chi connectivity index (χ2v) is 12.6. The van der Waals surface area contributed by atoms with Crippen LogP contribution in [-0.4, -0.2) is 34.0 Å². The SMILES string of the molecule is C[C@H](CO)[C@H]1CC[C@H]2C3=CC=C4C(C)(C)[C@@H](O)CC[C@]4(C)[C@H]3CC[C@]12C.O=C(O)c1ccccc1. The van der Waals surface area contributed by atoms with E-state index in [1.807, 2.05) is 0 Å². The number of aliphatic hydroxyl groups excluding tert-OH is 2. The number of carboxylic acid groups (broad SMARTS) is 1. The maximum atomic E-state index is 10.6. The van der Waals surface area contributed by atoms with Crippen LogP contribution in [0.4, 0.5) is 0 Å². The zero-order chi connectivity index (χ0) is 25.6. The van der Waals surface area contributed by atoms with Crippen molar-refractivity contribution in [3.63, 3.8) is 0 Å². The quantitative estimate of drug-likeness (QED) is 0.462. The van der Waals surface area contributed by atoms with Gasteiger partial charge in [0.25, 0.3) is 0 Å². The molecule has 0 aliphatic heterocycles. The van der Waals surface area contributed by atoms with Gasteiger partial charge in [0.1, 0.15) is 0 Å². The first-order valence-electron chi connectivity index (χ1n) is 13.5. The molecule has 0 aromatic heterocycles. The monoisotopic (exact) mass is 480 g/mol. The highest BCUT2D eigenvalue weighted by molar-refractivity contribution is 5.87. The highest BCUT2D eigenvalue weighted by Gasteiger charge is 2.59. The van der Waals surface area contributed by atoms with Gasteiger partial charge in [-0.15, -0.1) is 0 Å². The number of fused-ring (bicyclic) bond motifs is 5. The van der Waals surface area contributed by atoms with Gasteiger partial charge in [-0.3, -0.25) is 0 Å². The molecular weight excluding hydrogens is 436 g/mol. The lowest BCUT2D eigenvalue weighted by atomic mass is 9.47. The Kier molecular flexibility index (Phi) is 7.11. The highest BCUT2D eigenvalue weighted by atomic mass is 16.4. The fourth-order valence-electron chi connectivity index (χ4n) is 8.39. The molecule has 0 radical (unpaired) electrons. The van der Waals surface area contributed by atoms with Crippen LogP contribution in [-0.2, 0) is 0 Å². The smallest absolute Gasteiger partial charge is 0.335 e. The molecule has 0 unspecified atom stereocenters. The number of hydrogen-bond acceptors (Lipinski definition) is 3. The Bertz CT molecular complexity index is 992. The van der Waals surface area contributed by atoms with Crippen LogP contribution in [0.25, 0.3) is 0 Å². The van der Waals surface area contributed by atoms with Crippen molar-refractivity contribution in [3.05, 3.63) is 59.2 Å². The van der Waals surface area contributed by atoms with Gasteiger partial charge in [0, 0.05) is 12.0 Å². The summed E-state index contributed by atoms with van der Waals surface area (Å²) in [6.45, 7) is 12.0. The van der Waals surface area contributed by atoms with Gasteiger partial charge in [-0.1, -0.05) is 76.1 Å². The Morgan fingerprint density at radius 2 is 1.66 bits per heavy atom. The van der Waals surface area contributed by atoms with Crippen LogP contribution in [0, 0.1) is 39.9 Å². The molecule has 0 heterocycles. The normalized spacial score (nSPS) is 37.9. The lowest BCUT2D eigenvalue weighted by Crippen LogP contribution is -2.51. The Morgan fingerprint density at radius 3 is 2.26 bits per heavy atom. The molecule has 3 N–H and O–H groups in total. The standard InChI is InChI=1S/C24H38O2.C7H6O2/c1-15(14-25)17-7-8-18-16-6-9-20-22(2,3)21(26)11-13-24(20,5)19(16)10-12-23(17,18)4;8-7(9)6-4-2-1-3-5-6/h6,9,15,17-19,21,25-26H,7-8,10-14H2,1-5H3;1-5H,(H,8,9)/t15-,17-,18+,19+,21+,23-,24-;/m1./s1. The molecule has 0 bridgehead atoms. The van der Waals surface area contributed by atoms with E-state index in [1.54, 1.807) is 35.9 Å². The first-order chi connectivity index (χ1) is 16.5. The van der Waals surface area contributed by atoms with Gasteiger partial charge < -0.3 is 15.3 Å². The number of aromatic carboxylic acids is 1. The summed E-state index contributed by atoms with van der Waals surface area (Å²) in [5.41, 5.74) is 3.98. The third-order valence-corrected chi connectivity index (χ3v) is 10.5. The van der Waals surface area contributed by atoms with Crippen molar-refractivity contribution in [3.8, 4) is 0 Å². The minimum absolute atomic E-state index is 0.112. The number of hydrogen-bond donors (Lipinski definition) is 3. The van der Waals surface area contributed by atoms with Crippen molar-refractivity contribution in [1.29, 1.82) is 0 Å². The number of aliphatic hydroxyl groups is 2. The fourth-order valence-corrected chi connectivity index (χ4v) is 8.39. The van der Waals surface area contributed by atoms with Crippen LogP contribution in [0.1, 0.15) is 83.5 Å². The molecule has 5 rings (SSSR count). The highest BCUT2D eigenvalue weighted by Crippen LogP contribution is 2.67. The Balaban J connectivity index is 0.000000271.